The predicted molar refractivity (Wildman–Crippen MR) is 311 cm³/mol. The second-order valence-electron chi connectivity index (χ2n) is 20.8. The molecule has 0 saturated heterocycles. The molecule has 374 valence electrons. The molecule has 1 aliphatic carbocycles. The average molecular weight is 1170 g/mol. The fourth-order valence-corrected chi connectivity index (χ4v) is 11.9. The molecule has 0 radical (unpaired) electrons. The van der Waals surface area contributed by atoms with E-state index < -0.39 is 5.41 Å². The van der Waals surface area contributed by atoms with Crippen LogP contribution in [0.3, 0.4) is 0 Å². The van der Waals surface area contributed by atoms with Crippen molar-refractivity contribution in [3.05, 3.63) is 295 Å². The molecule has 6 heteroatoms. The van der Waals surface area contributed by atoms with Gasteiger partial charge in [0.15, 0.2) is 0 Å². The molecule has 0 saturated carbocycles. The summed E-state index contributed by atoms with van der Waals surface area (Å²) in [5, 5.41) is 2.17. The van der Waals surface area contributed by atoms with Crippen LogP contribution in [0.1, 0.15) is 48.6 Å². The SMILES string of the molecule is CC(C)(C)c1ccnc(-n2c3[c-]c(Oc4[c-]c(N5[CH-]N(c6c(-c7ccccc7)cccc6-c6ccccc6)c6ccccc65)ccc4)ccc3c3ccc(C4(c5ccccc5)c5ccccc5-c5ccccc54)cc32)c1.[Pt]. The van der Waals surface area contributed by atoms with Gasteiger partial charge in [0.25, 0.3) is 0 Å². The van der Waals surface area contributed by atoms with Gasteiger partial charge in [0.05, 0.1) is 5.41 Å². The topological polar surface area (TPSA) is 33.5 Å². The molecule has 0 atom stereocenters. The summed E-state index contributed by atoms with van der Waals surface area (Å²) in [6.45, 7) is 8.93. The van der Waals surface area contributed by atoms with Gasteiger partial charge in [0.2, 0.25) is 0 Å². The van der Waals surface area contributed by atoms with Crippen LogP contribution in [0.25, 0.3) is 61.0 Å². The molecule has 1 aliphatic heterocycles. The van der Waals surface area contributed by atoms with Crippen molar-refractivity contribution in [2.24, 2.45) is 0 Å². The Hall–Kier alpha value is -8.76. The van der Waals surface area contributed by atoms with Crippen molar-refractivity contribution in [3.8, 4) is 50.7 Å². The number of benzene rings is 10. The fourth-order valence-electron chi connectivity index (χ4n) is 11.9. The van der Waals surface area contributed by atoms with Gasteiger partial charge < -0.3 is 19.1 Å². The Bertz CT molecular complexity index is 4080. The van der Waals surface area contributed by atoms with E-state index in [-0.39, 0.29) is 26.5 Å². The maximum absolute atomic E-state index is 6.86. The summed E-state index contributed by atoms with van der Waals surface area (Å²) in [6, 6.07) is 94.3. The summed E-state index contributed by atoms with van der Waals surface area (Å²) in [7, 11) is 0. The summed E-state index contributed by atoms with van der Waals surface area (Å²) in [5.74, 6) is 1.98. The molecular weight excluding hydrogens is 1120 g/mol. The van der Waals surface area contributed by atoms with Gasteiger partial charge in [-0.2, -0.15) is 12.1 Å². The van der Waals surface area contributed by atoms with Gasteiger partial charge in [-0.15, -0.1) is 48.1 Å². The largest absolute Gasteiger partial charge is 0.509 e. The van der Waals surface area contributed by atoms with E-state index in [2.05, 4.69) is 278 Å². The van der Waals surface area contributed by atoms with Crippen LogP contribution in [-0.4, -0.2) is 9.55 Å². The van der Waals surface area contributed by atoms with Crippen molar-refractivity contribution in [1.82, 2.24) is 9.55 Å². The van der Waals surface area contributed by atoms with Crippen LogP contribution in [0.2, 0.25) is 0 Å². The second kappa shape index (κ2) is 19.1. The van der Waals surface area contributed by atoms with E-state index in [0.29, 0.717) is 11.5 Å². The summed E-state index contributed by atoms with van der Waals surface area (Å²) in [6.07, 6.45) is 1.94. The summed E-state index contributed by atoms with van der Waals surface area (Å²) in [5.41, 5.74) is 18.5. The Balaban J connectivity index is 0.00000566. The smallest absolute Gasteiger partial charge is 0.135 e. The van der Waals surface area contributed by atoms with Crippen molar-refractivity contribution >= 4 is 44.6 Å². The minimum atomic E-state index is -0.566. The van der Waals surface area contributed by atoms with Gasteiger partial charge in [-0.1, -0.05) is 208 Å². The van der Waals surface area contributed by atoms with Crippen molar-refractivity contribution < 1.29 is 25.8 Å². The predicted octanol–water partition coefficient (Wildman–Crippen LogP) is 18.0. The number of hydrogen-bond donors (Lipinski definition) is 0. The Morgan fingerprint density at radius 2 is 1.04 bits per heavy atom. The third-order valence-electron chi connectivity index (χ3n) is 15.4. The number of anilines is 4. The Kier molecular flexibility index (Phi) is 11.9. The molecule has 10 aromatic carbocycles. The Morgan fingerprint density at radius 3 is 1.70 bits per heavy atom. The molecule has 5 nitrogen and oxygen atoms in total. The molecule has 2 aliphatic rings. The molecule has 0 amide bonds. The summed E-state index contributed by atoms with van der Waals surface area (Å²) >= 11 is 0. The van der Waals surface area contributed by atoms with Crippen molar-refractivity contribution in [2.45, 2.75) is 31.6 Å². The number of hydrogen-bond acceptors (Lipinski definition) is 4. The summed E-state index contributed by atoms with van der Waals surface area (Å²) in [4.78, 5) is 9.64. The molecule has 3 heterocycles. The zero-order valence-corrected chi connectivity index (χ0v) is 45.0. The van der Waals surface area contributed by atoms with E-state index >= 15 is 0 Å². The zero-order chi connectivity index (χ0) is 51.0. The molecule has 12 aromatic rings. The van der Waals surface area contributed by atoms with E-state index in [9.17, 15) is 0 Å². The fraction of sp³-hybridized carbons (Fsp3) is 0.0704. The first-order chi connectivity index (χ1) is 37.3. The van der Waals surface area contributed by atoms with Crippen LogP contribution >= 0.6 is 0 Å². The molecule has 0 spiro atoms. The minimum Gasteiger partial charge on any atom is -0.509 e. The third-order valence-corrected chi connectivity index (χ3v) is 15.4. The van der Waals surface area contributed by atoms with Gasteiger partial charge in [0.1, 0.15) is 5.82 Å². The van der Waals surface area contributed by atoms with Crippen molar-refractivity contribution in [3.63, 3.8) is 0 Å². The van der Waals surface area contributed by atoms with Crippen LogP contribution in [0.15, 0.2) is 249 Å². The average Bonchev–Trinajstić information content (AvgIpc) is 4.35. The van der Waals surface area contributed by atoms with Crippen LogP contribution in [0.4, 0.5) is 22.7 Å². The molecule has 77 heavy (non-hydrogen) atoms. The molecule has 0 unspecified atom stereocenters. The Morgan fingerprint density at radius 1 is 0.481 bits per heavy atom. The molecule has 0 bridgehead atoms. The number of para-hydroxylation sites is 3. The molecular formula is C71H51N4OPt-3. The second-order valence-corrected chi connectivity index (χ2v) is 20.8. The Labute approximate surface area is 464 Å². The van der Waals surface area contributed by atoms with E-state index in [4.69, 9.17) is 9.72 Å². The van der Waals surface area contributed by atoms with Gasteiger partial charge in [-0.25, -0.2) is 4.98 Å². The van der Waals surface area contributed by atoms with E-state index in [1.807, 2.05) is 24.4 Å². The van der Waals surface area contributed by atoms with Gasteiger partial charge in [-0.3, -0.25) is 0 Å². The molecule has 0 N–H and O–H groups in total. The summed E-state index contributed by atoms with van der Waals surface area (Å²) < 4.78 is 9.14. The third kappa shape index (κ3) is 7.91. The molecule has 2 aromatic heterocycles. The van der Waals surface area contributed by atoms with Crippen LogP contribution < -0.4 is 14.5 Å². The maximum atomic E-state index is 6.86. The number of fused-ring (bicyclic) bond motifs is 7. The normalized spacial score (nSPS) is 13.3. The van der Waals surface area contributed by atoms with Crippen molar-refractivity contribution in [2.75, 3.05) is 9.80 Å². The van der Waals surface area contributed by atoms with Gasteiger partial charge in [-0.05, 0) is 91.2 Å². The number of nitrogens with zero attached hydrogens (tertiary/aromatic N) is 4. The van der Waals surface area contributed by atoms with E-state index in [1.54, 1.807) is 0 Å². The van der Waals surface area contributed by atoms with Crippen LogP contribution in [-0.2, 0) is 31.9 Å². The van der Waals surface area contributed by atoms with E-state index in [1.165, 1.54) is 38.9 Å². The monoisotopic (exact) mass is 1170 g/mol. The molecule has 0 fully saturated rings. The number of rotatable bonds is 9. The first-order valence-corrected chi connectivity index (χ1v) is 26.0. The minimum absolute atomic E-state index is 0. The number of pyridine rings is 1. The van der Waals surface area contributed by atoms with Gasteiger partial charge >= 0.3 is 0 Å². The van der Waals surface area contributed by atoms with Crippen molar-refractivity contribution in [1.29, 1.82) is 0 Å². The van der Waals surface area contributed by atoms with Gasteiger partial charge in [0, 0.05) is 72.5 Å². The van der Waals surface area contributed by atoms with Crippen LogP contribution in [0.5, 0.6) is 11.5 Å². The van der Waals surface area contributed by atoms with E-state index in [0.717, 1.165) is 72.6 Å². The molecule has 14 rings (SSSR count). The van der Waals surface area contributed by atoms with Crippen LogP contribution in [0, 0.1) is 18.8 Å². The number of ether oxygens (including phenoxy) is 1. The quantitative estimate of drug-likeness (QED) is 0.135. The zero-order valence-electron chi connectivity index (χ0n) is 42.8. The standard InChI is InChI=1S/C71H51N4O.Pt/c1-70(2,3)51-41-42-72-68(44-51)75-66-43-52(71(50-25-11-6-12-26-50)62-33-15-13-29-58(62)59-30-14-16-34-63(59)71)37-39-60(66)61-40-38-55(46-67(61)75)76-54-28-19-27-53(45-54)73-47-74(65-36-18-17-35-64(65)73)69-56(48-21-7-4-8-22-48)31-20-32-57(69)49-23-9-5-10-24-49;/h4-44,47H,1-3H3;/q-3;. The maximum Gasteiger partial charge on any atom is 0.135 e. The number of aromatic nitrogens is 2. The first kappa shape index (κ1) is 47.9. The first-order valence-electron chi connectivity index (χ1n) is 26.0.